The van der Waals surface area contributed by atoms with Crippen LogP contribution in [-0.2, 0) is 26.2 Å². The highest BCUT2D eigenvalue weighted by Gasteiger charge is 2.30. The van der Waals surface area contributed by atoms with Crippen molar-refractivity contribution in [3.8, 4) is 0 Å². The average molecular weight is 521 g/mol. The van der Waals surface area contributed by atoms with Crippen molar-refractivity contribution in [1.82, 2.24) is 10.2 Å². The number of benzene rings is 2. The van der Waals surface area contributed by atoms with Crippen molar-refractivity contribution in [2.75, 3.05) is 23.7 Å². The van der Waals surface area contributed by atoms with Gasteiger partial charge in [0.1, 0.15) is 12.6 Å². The number of carbonyl (C=O) groups is 2. The lowest BCUT2D eigenvalue weighted by molar-refractivity contribution is -0.139. The molecule has 0 fully saturated rings. The van der Waals surface area contributed by atoms with E-state index in [1.54, 1.807) is 32.0 Å². The minimum absolute atomic E-state index is 0.0755. The molecule has 0 aromatic heterocycles. The first kappa shape index (κ1) is 26.3. The van der Waals surface area contributed by atoms with Crippen LogP contribution < -0.4 is 9.62 Å². The molecule has 2 amide bonds. The zero-order chi connectivity index (χ0) is 24.1. The highest BCUT2D eigenvalue weighted by atomic mass is 35.5. The molecule has 32 heavy (non-hydrogen) atoms. The van der Waals surface area contributed by atoms with E-state index in [2.05, 4.69) is 5.32 Å². The lowest BCUT2D eigenvalue weighted by Crippen LogP contribution is -2.51. The van der Waals surface area contributed by atoms with Crippen molar-refractivity contribution < 1.29 is 18.0 Å². The van der Waals surface area contributed by atoms with Crippen molar-refractivity contribution in [1.29, 1.82) is 0 Å². The van der Waals surface area contributed by atoms with Gasteiger partial charge in [0.2, 0.25) is 21.8 Å². The molecule has 0 saturated carbocycles. The summed E-state index contributed by atoms with van der Waals surface area (Å²) < 4.78 is 25.9. The van der Waals surface area contributed by atoms with E-state index in [-0.39, 0.29) is 18.1 Å². The van der Waals surface area contributed by atoms with Gasteiger partial charge in [0, 0.05) is 33.7 Å². The van der Waals surface area contributed by atoms with Crippen LogP contribution in [0.25, 0.3) is 0 Å². The molecule has 0 aliphatic heterocycles. The molecule has 11 heteroatoms. The second-order valence-electron chi connectivity index (χ2n) is 7.04. The third-order valence-electron chi connectivity index (χ3n) is 4.70. The van der Waals surface area contributed by atoms with Gasteiger partial charge < -0.3 is 10.2 Å². The van der Waals surface area contributed by atoms with Crippen LogP contribution in [0.1, 0.15) is 19.4 Å². The summed E-state index contributed by atoms with van der Waals surface area (Å²) in [7, 11) is -3.81. The smallest absolute Gasteiger partial charge is 0.244 e. The fourth-order valence-corrected chi connectivity index (χ4v) is 4.47. The molecule has 0 radical (unpaired) electrons. The van der Waals surface area contributed by atoms with Crippen LogP contribution in [0, 0.1) is 0 Å². The number of halogens is 3. The van der Waals surface area contributed by atoms with E-state index < -0.39 is 28.5 Å². The van der Waals surface area contributed by atoms with Gasteiger partial charge in [0.15, 0.2) is 0 Å². The molecule has 2 aromatic carbocycles. The van der Waals surface area contributed by atoms with Gasteiger partial charge in [-0.25, -0.2) is 8.42 Å². The molecule has 1 atom stereocenters. The van der Waals surface area contributed by atoms with Crippen LogP contribution in [0.5, 0.6) is 0 Å². The summed E-state index contributed by atoms with van der Waals surface area (Å²) in [5.74, 6) is -0.985. The molecule has 1 N–H and O–H groups in total. The Kier molecular flexibility index (Phi) is 9.21. The Bertz CT molecular complexity index is 1060. The molecule has 2 aromatic rings. The predicted molar refractivity (Wildman–Crippen MR) is 129 cm³/mol. The fraction of sp³-hybridized carbons (Fsp3) is 0.333. The van der Waals surface area contributed by atoms with Crippen LogP contribution in [0.15, 0.2) is 42.5 Å². The zero-order valence-electron chi connectivity index (χ0n) is 17.8. The van der Waals surface area contributed by atoms with E-state index in [1.165, 1.54) is 29.2 Å². The molecule has 0 bridgehead atoms. The van der Waals surface area contributed by atoms with Gasteiger partial charge in [0.05, 0.1) is 11.9 Å². The number of likely N-dealkylation sites (N-methyl/N-ethyl adjacent to an activating group) is 1. The Labute approximate surface area is 203 Å². The molecule has 0 heterocycles. The van der Waals surface area contributed by atoms with Crippen LogP contribution in [0.3, 0.4) is 0 Å². The van der Waals surface area contributed by atoms with Gasteiger partial charge >= 0.3 is 0 Å². The van der Waals surface area contributed by atoms with E-state index >= 15 is 0 Å². The number of hydrogen-bond donors (Lipinski definition) is 1. The number of amides is 2. The molecular weight excluding hydrogens is 497 g/mol. The first-order chi connectivity index (χ1) is 15.0. The number of sulfonamides is 1. The maximum absolute atomic E-state index is 13.3. The molecule has 0 aliphatic rings. The van der Waals surface area contributed by atoms with E-state index in [0.29, 0.717) is 27.2 Å². The fourth-order valence-electron chi connectivity index (χ4n) is 2.98. The minimum Gasteiger partial charge on any atom is -0.355 e. The Morgan fingerprint density at radius 1 is 1.03 bits per heavy atom. The third-order valence-corrected chi connectivity index (χ3v) is 6.80. The van der Waals surface area contributed by atoms with Crippen LogP contribution in [0.2, 0.25) is 15.1 Å². The number of anilines is 1. The van der Waals surface area contributed by atoms with E-state index in [4.69, 9.17) is 34.8 Å². The van der Waals surface area contributed by atoms with Gasteiger partial charge in [-0.05, 0) is 50.2 Å². The average Bonchev–Trinajstić information content (AvgIpc) is 2.71. The molecule has 2 rings (SSSR count). The quantitative estimate of drug-likeness (QED) is 0.542. The van der Waals surface area contributed by atoms with Crippen molar-refractivity contribution >= 4 is 62.3 Å². The van der Waals surface area contributed by atoms with Crippen molar-refractivity contribution in [2.24, 2.45) is 0 Å². The summed E-state index contributed by atoms with van der Waals surface area (Å²) in [6.45, 7) is 3.09. The normalized spacial score (nSPS) is 12.2. The number of hydrogen-bond acceptors (Lipinski definition) is 4. The molecule has 7 nitrogen and oxygen atoms in total. The number of carbonyl (C=O) groups excluding carboxylic acids is 2. The van der Waals surface area contributed by atoms with Crippen molar-refractivity contribution in [2.45, 2.75) is 26.4 Å². The molecule has 0 saturated heterocycles. The lowest BCUT2D eigenvalue weighted by atomic mass is 10.1. The molecule has 0 spiro atoms. The highest BCUT2D eigenvalue weighted by molar-refractivity contribution is 7.92. The largest absolute Gasteiger partial charge is 0.355 e. The minimum atomic E-state index is -3.81. The Morgan fingerprint density at radius 2 is 1.59 bits per heavy atom. The third kappa shape index (κ3) is 6.75. The standard InChI is InChI=1S/C21H24Cl3N3O4S/c1-4-25-21(29)14(2)26(12-17-18(23)6-5-7-19(17)24)20(28)13-27(32(3,30)31)16-10-8-15(22)9-11-16/h5-11,14H,4,12-13H2,1-3H3,(H,25,29)/t14-/m0/s1. The summed E-state index contributed by atoms with van der Waals surface area (Å²) >= 11 is 18.4. The van der Waals surface area contributed by atoms with Gasteiger partial charge in [-0.15, -0.1) is 0 Å². The summed E-state index contributed by atoms with van der Waals surface area (Å²) in [6.07, 6.45) is 0.997. The Balaban J connectivity index is 2.43. The van der Waals surface area contributed by atoms with Gasteiger partial charge in [-0.2, -0.15) is 0 Å². The van der Waals surface area contributed by atoms with Crippen LogP contribution in [0.4, 0.5) is 5.69 Å². The van der Waals surface area contributed by atoms with Crippen molar-refractivity contribution in [3.05, 3.63) is 63.1 Å². The lowest BCUT2D eigenvalue weighted by Gasteiger charge is -2.31. The van der Waals surface area contributed by atoms with E-state index in [1.807, 2.05) is 0 Å². The topological polar surface area (TPSA) is 86.8 Å². The maximum Gasteiger partial charge on any atom is 0.244 e. The first-order valence-electron chi connectivity index (χ1n) is 9.69. The Hall–Kier alpha value is -2.00. The number of nitrogens with zero attached hydrogens (tertiary/aromatic N) is 2. The predicted octanol–water partition coefficient (Wildman–Crippen LogP) is 3.97. The van der Waals surface area contributed by atoms with E-state index in [0.717, 1.165) is 10.6 Å². The van der Waals surface area contributed by atoms with Crippen LogP contribution >= 0.6 is 34.8 Å². The molecule has 0 unspecified atom stereocenters. The second-order valence-corrected chi connectivity index (χ2v) is 10.2. The molecular formula is C21H24Cl3N3O4S. The summed E-state index contributed by atoms with van der Waals surface area (Å²) in [4.78, 5) is 27.1. The summed E-state index contributed by atoms with van der Waals surface area (Å²) in [6, 6.07) is 10.1. The zero-order valence-corrected chi connectivity index (χ0v) is 20.9. The second kappa shape index (κ2) is 11.2. The van der Waals surface area contributed by atoms with Gasteiger partial charge in [-0.3, -0.25) is 13.9 Å². The summed E-state index contributed by atoms with van der Waals surface area (Å²) in [5.41, 5.74) is 0.726. The van der Waals surface area contributed by atoms with Crippen LogP contribution in [-0.4, -0.2) is 50.5 Å². The monoisotopic (exact) mass is 519 g/mol. The molecule has 174 valence electrons. The number of nitrogens with one attached hydrogen (secondary N) is 1. The number of rotatable bonds is 9. The maximum atomic E-state index is 13.3. The van der Waals surface area contributed by atoms with Crippen molar-refractivity contribution in [3.63, 3.8) is 0 Å². The first-order valence-corrected chi connectivity index (χ1v) is 12.7. The summed E-state index contributed by atoms with van der Waals surface area (Å²) in [5, 5.41) is 3.76. The van der Waals surface area contributed by atoms with E-state index in [9.17, 15) is 18.0 Å². The SMILES string of the molecule is CCNC(=O)[C@H](C)N(Cc1c(Cl)cccc1Cl)C(=O)CN(c1ccc(Cl)cc1)S(C)(=O)=O. The van der Waals surface area contributed by atoms with Gasteiger partial charge in [-0.1, -0.05) is 40.9 Å². The Morgan fingerprint density at radius 3 is 2.09 bits per heavy atom. The molecule has 0 aliphatic carbocycles. The van der Waals surface area contributed by atoms with Gasteiger partial charge in [0.25, 0.3) is 0 Å². The highest BCUT2D eigenvalue weighted by Crippen LogP contribution is 2.27.